The lowest BCUT2D eigenvalue weighted by molar-refractivity contribution is -0.137. The average Bonchev–Trinajstić information content (AvgIpc) is 2.60. The number of carbonyl (C=O) groups excluding carboxylic acids is 1. The molecule has 0 unspecified atom stereocenters. The van der Waals surface area contributed by atoms with Crippen LogP contribution in [0.4, 0.5) is 13.2 Å². The third-order valence-corrected chi connectivity index (χ3v) is 4.45. The fraction of sp³-hybridized carbons (Fsp3) is 0.556. The normalized spacial score (nSPS) is 17.2. The fourth-order valence-electron chi connectivity index (χ4n) is 2.86. The number of benzene rings is 1. The van der Waals surface area contributed by atoms with Gasteiger partial charge >= 0.3 is 6.18 Å². The maximum Gasteiger partial charge on any atom is 0.416 e. The molecule has 2 rings (SSSR count). The van der Waals surface area contributed by atoms with E-state index in [9.17, 15) is 18.0 Å². The van der Waals surface area contributed by atoms with E-state index in [1.165, 1.54) is 12.1 Å². The Bertz CT molecular complexity index is 653. The Labute approximate surface area is 151 Å². The predicted octanol–water partition coefficient (Wildman–Crippen LogP) is 3.26. The summed E-state index contributed by atoms with van der Waals surface area (Å²) in [5.74, 6) is -0.751. The molecule has 1 aliphatic heterocycles. The molecule has 5 nitrogen and oxygen atoms in total. The molecule has 1 amide bonds. The Kier molecular flexibility index (Phi) is 6.63. The first-order valence-electron chi connectivity index (χ1n) is 8.56. The van der Waals surface area contributed by atoms with Gasteiger partial charge in [0.05, 0.1) is 12.2 Å². The molecular weight excluding hydrogens is 347 g/mol. The highest BCUT2D eigenvalue weighted by Crippen LogP contribution is 2.29. The van der Waals surface area contributed by atoms with Crippen molar-refractivity contribution in [2.45, 2.75) is 32.0 Å². The molecular formula is C18H24F3N3O2. The number of hydrogen-bond acceptors (Lipinski definition) is 3. The van der Waals surface area contributed by atoms with Crippen LogP contribution in [0.2, 0.25) is 0 Å². The van der Waals surface area contributed by atoms with Crippen LogP contribution in [-0.4, -0.2) is 61.6 Å². The van der Waals surface area contributed by atoms with E-state index >= 15 is 0 Å². The Morgan fingerprint density at radius 1 is 1.35 bits per heavy atom. The second-order valence-electron chi connectivity index (χ2n) is 6.36. The second-order valence-corrected chi connectivity index (χ2v) is 6.36. The van der Waals surface area contributed by atoms with Crippen molar-refractivity contribution in [2.75, 3.05) is 33.8 Å². The number of carbonyl (C=O) groups is 1. The standard InChI is InChI=1S/C18H24F3N3O2/c1-4-26-17(24(3)15-8-10-23(2)11-9-15)22-16(25)13-6-5-7-14(12-13)18(19,20)21/h5-7,12,15H,4,8-11H2,1-3H3. The van der Waals surface area contributed by atoms with E-state index < -0.39 is 17.6 Å². The number of piperidine rings is 1. The highest BCUT2D eigenvalue weighted by atomic mass is 19.4. The van der Waals surface area contributed by atoms with Gasteiger partial charge in [0, 0.05) is 18.7 Å². The van der Waals surface area contributed by atoms with Crippen LogP contribution in [-0.2, 0) is 10.9 Å². The number of amides is 1. The zero-order valence-corrected chi connectivity index (χ0v) is 15.2. The second kappa shape index (κ2) is 8.53. The van der Waals surface area contributed by atoms with Crippen molar-refractivity contribution in [2.24, 2.45) is 4.99 Å². The zero-order valence-electron chi connectivity index (χ0n) is 15.2. The molecule has 0 saturated carbocycles. The third-order valence-electron chi connectivity index (χ3n) is 4.45. The van der Waals surface area contributed by atoms with Crippen LogP contribution < -0.4 is 0 Å². The minimum atomic E-state index is -4.51. The quantitative estimate of drug-likeness (QED) is 0.604. The summed E-state index contributed by atoms with van der Waals surface area (Å²) >= 11 is 0. The van der Waals surface area contributed by atoms with E-state index in [0.29, 0.717) is 6.61 Å². The smallest absolute Gasteiger partial charge is 0.416 e. The van der Waals surface area contributed by atoms with Gasteiger partial charge in [-0.05, 0) is 58.1 Å². The van der Waals surface area contributed by atoms with Crippen molar-refractivity contribution in [3.05, 3.63) is 35.4 Å². The van der Waals surface area contributed by atoms with Crippen molar-refractivity contribution in [1.29, 1.82) is 0 Å². The van der Waals surface area contributed by atoms with Gasteiger partial charge in [-0.15, -0.1) is 0 Å². The number of hydrogen-bond donors (Lipinski definition) is 0. The van der Waals surface area contributed by atoms with Crippen LogP contribution in [0.15, 0.2) is 29.3 Å². The highest BCUT2D eigenvalue weighted by molar-refractivity contribution is 6.01. The van der Waals surface area contributed by atoms with Gasteiger partial charge in [0.25, 0.3) is 11.9 Å². The van der Waals surface area contributed by atoms with E-state index in [1.807, 2.05) is 11.9 Å². The molecule has 0 radical (unpaired) electrons. The number of ether oxygens (including phenoxy) is 1. The van der Waals surface area contributed by atoms with Gasteiger partial charge < -0.3 is 14.5 Å². The molecule has 0 spiro atoms. The Balaban J connectivity index is 2.20. The highest BCUT2D eigenvalue weighted by Gasteiger charge is 2.31. The van der Waals surface area contributed by atoms with Gasteiger partial charge in [-0.1, -0.05) is 6.07 Å². The summed E-state index contributed by atoms with van der Waals surface area (Å²) in [6.07, 6.45) is -2.71. The molecule has 1 fully saturated rings. The summed E-state index contributed by atoms with van der Waals surface area (Å²) in [6.45, 7) is 3.93. The van der Waals surface area contributed by atoms with Crippen LogP contribution in [0, 0.1) is 0 Å². The average molecular weight is 371 g/mol. The van der Waals surface area contributed by atoms with Gasteiger partial charge in [0.2, 0.25) is 0 Å². The van der Waals surface area contributed by atoms with E-state index in [4.69, 9.17) is 4.74 Å². The molecule has 0 aliphatic carbocycles. The summed E-state index contributed by atoms with van der Waals surface area (Å²) in [5, 5.41) is 0. The molecule has 144 valence electrons. The van der Waals surface area contributed by atoms with Crippen LogP contribution in [0.1, 0.15) is 35.7 Å². The van der Waals surface area contributed by atoms with Crippen molar-refractivity contribution in [3.63, 3.8) is 0 Å². The van der Waals surface area contributed by atoms with E-state index in [0.717, 1.165) is 38.1 Å². The van der Waals surface area contributed by atoms with Gasteiger partial charge in [-0.25, -0.2) is 0 Å². The molecule has 1 aromatic carbocycles. The number of alkyl halides is 3. The lowest BCUT2D eigenvalue weighted by Gasteiger charge is -2.35. The molecule has 0 aromatic heterocycles. The monoisotopic (exact) mass is 371 g/mol. The summed E-state index contributed by atoms with van der Waals surface area (Å²) in [7, 11) is 3.84. The van der Waals surface area contributed by atoms with Gasteiger partial charge in [-0.3, -0.25) is 4.79 Å². The predicted molar refractivity (Wildman–Crippen MR) is 93.1 cm³/mol. The number of halogens is 3. The van der Waals surface area contributed by atoms with Gasteiger partial charge in [-0.2, -0.15) is 18.2 Å². The molecule has 1 heterocycles. The van der Waals surface area contributed by atoms with Crippen molar-refractivity contribution >= 4 is 11.9 Å². The minimum Gasteiger partial charge on any atom is -0.465 e. The summed E-state index contributed by atoms with van der Waals surface area (Å²) in [6, 6.07) is 4.57. The molecule has 0 N–H and O–H groups in total. The van der Waals surface area contributed by atoms with E-state index in [2.05, 4.69) is 9.89 Å². The first-order valence-corrected chi connectivity index (χ1v) is 8.56. The third kappa shape index (κ3) is 5.20. The lowest BCUT2D eigenvalue weighted by atomic mass is 10.0. The number of nitrogens with zero attached hydrogens (tertiary/aromatic N) is 3. The summed E-state index contributed by atoms with van der Waals surface area (Å²) in [5.41, 5.74) is -0.992. The maximum absolute atomic E-state index is 12.8. The Morgan fingerprint density at radius 2 is 2.00 bits per heavy atom. The number of rotatable bonds is 3. The molecule has 26 heavy (non-hydrogen) atoms. The zero-order chi connectivity index (χ0) is 19.3. The lowest BCUT2D eigenvalue weighted by Crippen LogP contribution is -2.45. The topological polar surface area (TPSA) is 45.1 Å². The van der Waals surface area contributed by atoms with Gasteiger partial charge in [0.15, 0.2) is 0 Å². The number of aliphatic imine (C=N–C) groups is 1. The Hall–Kier alpha value is -2.09. The van der Waals surface area contributed by atoms with Crippen LogP contribution in [0.5, 0.6) is 0 Å². The maximum atomic E-state index is 12.8. The first-order chi connectivity index (χ1) is 12.2. The minimum absolute atomic E-state index is 0.117. The SMILES string of the molecule is CCOC(=NC(=O)c1cccc(C(F)(F)F)c1)N(C)C1CCN(C)CC1. The van der Waals surface area contributed by atoms with Crippen LogP contribution in [0.3, 0.4) is 0 Å². The van der Waals surface area contributed by atoms with Gasteiger partial charge in [0.1, 0.15) is 0 Å². The van der Waals surface area contributed by atoms with Crippen molar-refractivity contribution < 1.29 is 22.7 Å². The first kappa shape index (κ1) is 20.2. The molecule has 1 aromatic rings. The molecule has 0 bridgehead atoms. The summed E-state index contributed by atoms with van der Waals surface area (Å²) < 4.78 is 44.0. The van der Waals surface area contributed by atoms with E-state index in [1.54, 1.807) is 14.0 Å². The number of likely N-dealkylation sites (tertiary alicyclic amines) is 1. The largest absolute Gasteiger partial charge is 0.465 e. The number of amidine groups is 1. The molecule has 1 aliphatic rings. The van der Waals surface area contributed by atoms with Crippen molar-refractivity contribution in [1.82, 2.24) is 9.80 Å². The molecule has 0 atom stereocenters. The van der Waals surface area contributed by atoms with Crippen molar-refractivity contribution in [3.8, 4) is 0 Å². The fourth-order valence-corrected chi connectivity index (χ4v) is 2.86. The van der Waals surface area contributed by atoms with E-state index in [-0.39, 0.29) is 17.6 Å². The molecule has 1 saturated heterocycles. The molecule has 8 heteroatoms. The van der Waals surface area contributed by atoms with Crippen LogP contribution in [0.25, 0.3) is 0 Å². The Morgan fingerprint density at radius 3 is 2.58 bits per heavy atom. The van der Waals surface area contributed by atoms with Crippen LogP contribution >= 0.6 is 0 Å². The summed E-state index contributed by atoms with van der Waals surface area (Å²) in [4.78, 5) is 20.4.